The van der Waals surface area contributed by atoms with Crippen molar-refractivity contribution in [1.29, 1.82) is 0 Å². The maximum atomic E-state index is 12.6. The number of nitrogens with zero attached hydrogens (tertiary/aromatic N) is 1. The van der Waals surface area contributed by atoms with Crippen molar-refractivity contribution >= 4 is 11.7 Å². The molecule has 1 fully saturated rings. The van der Waals surface area contributed by atoms with Gasteiger partial charge < -0.3 is 19.7 Å². The van der Waals surface area contributed by atoms with Gasteiger partial charge in [0.2, 0.25) is 0 Å². The van der Waals surface area contributed by atoms with Gasteiger partial charge in [-0.25, -0.2) is 4.79 Å². The number of nitrogens with one attached hydrogen (secondary N) is 1. The Balaban J connectivity index is 2.01. The predicted molar refractivity (Wildman–Crippen MR) is 86.9 cm³/mol. The van der Waals surface area contributed by atoms with E-state index < -0.39 is 0 Å². The summed E-state index contributed by atoms with van der Waals surface area (Å²) in [5.74, 6) is 0.534. The number of benzene rings is 1. The highest BCUT2D eigenvalue weighted by Gasteiger charge is 2.27. The van der Waals surface area contributed by atoms with Crippen molar-refractivity contribution in [2.45, 2.75) is 32.9 Å². The molecule has 5 nitrogen and oxygen atoms in total. The number of morpholine rings is 1. The molecule has 0 saturated carbocycles. The number of carbonyl (C=O) groups is 1. The average molecular weight is 306 g/mol. The van der Waals surface area contributed by atoms with E-state index in [1.807, 2.05) is 29.2 Å². The number of methoxy groups -OCH3 is 1. The number of rotatable bonds is 5. The van der Waals surface area contributed by atoms with Crippen LogP contribution in [-0.2, 0) is 16.1 Å². The van der Waals surface area contributed by atoms with Crippen molar-refractivity contribution in [3.8, 4) is 0 Å². The molecule has 22 heavy (non-hydrogen) atoms. The van der Waals surface area contributed by atoms with Crippen LogP contribution in [0.3, 0.4) is 0 Å². The number of anilines is 1. The topological polar surface area (TPSA) is 50.8 Å². The zero-order valence-electron chi connectivity index (χ0n) is 13.7. The van der Waals surface area contributed by atoms with E-state index in [1.54, 1.807) is 7.11 Å². The number of hydrogen-bond acceptors (Lipinski definition) is 3. The van der Waals surface area contributed by atoms with Gasteiger partial charge in [0.05, 0.1) is 25.9 Å². The first-order chi connectivity index (χ1) is 10.6. The molecule has 1 saturated heterocycles. The number of urea groups is 1. The van der Waals surface area contributed by atoms with Crippen molar-refractivity contribution < 1.29 is 14.3 Å². The van der Waals surface area contributed by atoms with E-state index in [-0.39, 0.29) is 12.1 Å². The zero-order chi connectivity index (χ0) is 15.9. The Kier molecular flexibility index (Phi) is 6.21. The van der Waals surface area contributed by atoms with Crippen LogP contribution in [-0.4, -0.2) is 43.8 Å². The first-order valence-electron chi connectivity index (χ1n) is 7.83. The van der Waals surface area contributed by atoms with Gasteiger partial charge in [0.15, 0.2) is 0 Å². The fraction of sp³-hybridized carbons (Fsp3) is 0.588. The summed E-state index contributed by atoms with van der Waals surface area (Å²) in [6, 6.07) is 7.85. The molecule has 1 aliphatic heterocycles. The summed E-state index contributed by atoms with van der Waals surface area (Å²) in [4.78, 5) is 14.5. The molecule has 0 spiro atoms. The average Bonchev–Trinajstić information content (AvgIpc) is 2.48. The van der Waals surface area contributed by atoms with Crippen molar-refractivity contribution in [3.05, 3.63) is 29.8 Å². The maximum Gasteiger partial charge on any atom is 0.322 e. The Bertz CT molecular complexity index is 491. The normalized spacial score (nSPS) is 18.5. The Morgan fingerprint density at radius 3 is 3.05 bits per heavy atom. The molecule has 0 aliphatic carbocycles. The van der Waals surface area contributed by atoms with Gasteiger partial charge in [0, 0.05) is 19.3 Å². The van der Waals surface area contributed by atoms with Gasteiger partial charge in [-0.15, -0.1) is 0 Å². The standard InChI is InChI=1S/C17H26N2O3/c1-13(2)9-16-12-22-8-7-19(16)17(20)18-15-6-4-5-14(10-15)11-21-3/h4-6,10,13,16H,7-9,11-12H2,1-3H3,(H,18,20). The minimum atomic E-state index is -0.0523. The molecule has 1 aromatic carbocycles. The number of ether oxygens (including phenoxy) is 2. The molecule has 1 heterocycles. The molecular weight excluding hydrogens is 280 g/mol. The van der Waals surface area contributed by atoms with Crippen LogP contribution in [0.2, 0.25) is 0 Å². The highest BCUT2D eigenvalue weighted by Crippen LogP contribution is 2.18. The van der Waals surface area contributed by atoms with E-state index >= 15 is 0 Å². The molecule has 0 radical (unpaired) electrons. The minimum Gasteiger partial charge on any atom is -0.380 e. The van der Waals surface area contributed by atoms with Crippen LogP contribution >= 0.6 is 0 Å². The van der Waals surface area contributed by atoms with Crippen LogP contribution in [0.15, 0.2) is 24.3 Å². The SMILES string of the molecule is COCc1cccc(NC(=O)N2CCOCC2CC(C)C)c1. The summed E-state index contributed by atoms with van der Waals surface area (Å²) in [6.45, 7) is 6.73. The minimum absolute atomic E-state index is 0.0523. The summed E-state index contributed by atoms with van der Waals surface area (Å²) in [7, 11) is 1.66. The van der Waals surface area contributed by atoms with Crippen molar-refractivity contribution in [3.63, 3.8) is 0 Å². The third-order valence-corrected chi connectivity index (χ3v) is 3.72. The smallest absolute Gasteiger partial charge is 0.322 e. The quantitative estimate of drug-likeness (QED) is 0.909. The second-order valence-corrected chi connectivity index (χ2v) is 6.12. The summed E-state index contributed by atoms with van der Waals surface area (Å²) in [5, 5.41) is 2.99. The molecule has 1 unspecified atom stereocenters. The van der Waals surface area contributed by atoms with Gasteiger partial charge in [0.1, 0.15) is 0 Å². The second-order valence-electron chi connectivity index (χ2n) is 6.12. The largest absolute Gasteiger partial charge is 0.380 e. The van der Waals surface area contributed by atoms with Crippen LogP contribution in [0.4, 0.5) is 10.5 Å². The lowest BCUT2D eigenvalue weighted by atomic mass is 10.0. The second kappa shape index (κ2) is 8.15. The van der Waals surface area contributed by atoms with E-state index in [1.165, 1.54) is 0 Å². The zero-order valence-corrected chi connectivity index (χ0v) is 13.7. The van der Waals surface area contributed by atoms with Crippen LogP contribution < -0.4 is 5.32 Å². The molecule has 5 heteroatoms. The van der Waals surface area contributed by atoms with E-state index in [4.69, 9.17) is 9.47 Å². The van der Waals surface area contributed by atoms with Crippen LogP contribution in [0, 0.1) is 5.92 Å². The van der Waals surface area contributed by atoms with E-state index in [0.717, 1.165) is 17.7 Å². The molecule has 0 aromatic heterocycles. The monoisotopic (exact) mass is 306 g/mol. The van der Waals surface area contributed by atoms with Gasteiger partial charge in [0.25, 0.3) is 0 Å². The lowest BCUT2D eigenvalue weighted by Crippen LogP contribution is -2.50. The van der Waals surface area contributed by atoms with Gasteiger partial charge >= 0.3 is 6.03 Å². The van der Waals surface area contributed by atoms with Crippen molar-refractivity contribution in [2.24, 2.45) is 5.92 Å². The van der Waals surface area contributed by atoms with Gasteiger partial charge in [-0.3, -0.25) is 0 Å². The summed E-state index contributed by atoms with van der Waals surface area (Å²) < 4.78 is 10.7. The Morgan fingerprint density at radius 2 is 2.32 bits per heavy atom. The molecule has 1 N–H and O–H groups in total. The first kappa shape index (κ1) is 16.8. The van der Waals surface area contributed by atoms with Gasteiger partial charge in [-0.05, 0) is 30.0 Å². The van der Waals surface area contributed by atoms with Crippen LogP contribution in [0.5, 0.6) is 0 Å². The number of carbonyl (C=O) groups excluding carboxylic acids is 1. The van der Waals surface area contributed by atoms with E-state index in [0.29, 0.717) is 32.3 Å². The van der Waals surface area contributed by atoms with Crippen LogP contribution in [0.25, 0.3) is 0 Å². The molecule has 2 amide bonds. The maximum absolute atomic E-state index is 12.6. The summed E-state index contributed by atoms with van der Waals surface area (Å²) in [5.41, 5.74) is 1.84. The molecule has 0 bridgehead atoms. The molecule has 1 aromatic rings. The molecule has 122 valence electrons. The van der Waals surface area contributed by atoms with Crippen LogP contribution in [0.1, 0.15) is 25.8 Å². The molecular formula is C17H26N2O3. The highest BCUT2D eigenvalue weighted by atomic mass is 16.5. The summed E-state index contributed by atoms with van der Waals surface area (Å²) >= 11 is 0. The van der Waals surface area contributed by atoms with E-state index in [2.05, 4.69) is 19.2 Å². The van der Waals surface area contributed by atoms with Crippen molar-refractivity contribution in [1.82, 2.24) is 4.90 Å². The Labute approximate surface area is 132 Å². The predicted octanol–water partition coefficient (Wildman–Crippen LogP) is 3.11. The third kappa shape index (κ3) is 4.71. The lowest BCUT2D eigenvalue weighted by molar-refractivity contribution is 0.00857. The molecule has 1 atom stereocenters. The fourth-order valence-electron chi connectivity index (χ4n) is 2.76. The summed E-state index contributed by atoms with van der Waals surface area (Å²) in [6.07, 6.45) is 0.955. The fourth-order valence-corrected chi connectivity index (χ4v) is 2.76. The lowest BCUT2D eigenvalue weighted by Gasteiger charge is -2.36. The number of hydrogen-bond donors (Lipinski definition) is 1. The third-order valence-electron chi connectivity index (χ3n) is 3.72. The van der Waals surface area contributed by atoms with Gasteiger partial charge in [-0.2, -0.15) is 0 Å². The van der Waals surface area contributed by atoms with Gasteiger partial charge in [-0.1, -0.05) is 26.0 Å². The van der Waals surface area contributed by atoms with Crippen molar-refractivity contribution in [2.75, 3.05) is 32.2 Å². The molecule has 1 aliphatic rings. The molecule has 2 rings (SSSR count). The highest BCUT2D eigenvalue weighted by molar-refractivity contribution is 5.89. The Hall–Kier alpha value is -1.59. The first-order valence-corrected chi connectivity index (χ1v) is 7.83. The number of amides is 2. The Morgan fingerprint density at radius 1 is 1.50 bits per heavy atom. The van der Waals surface area contributed by atoms with E-state index in [9.17, 15) is 4.79 Å².